The van der Waals surface area contributed by atoms with E-state index >= 15 is 0 Å². The van der Waals surface area contributed by atoms with Gasteiger partial charge in [-0.05, 0) is 24.3 Å². The monoisotopic (exact) mass is 439 g/mol. The van der Waals surface area contributed by atoms with E-state index in [0.717, 1.165) is 36.5 Å². The van der Waals surface area contributed by atoms with Crippen molar-refractivity contribution in [3.8, 4) is 5.75 Å². The number of benzene rings is 2. The van der Waals surface area contributed by atoms with Crippen LogP contribution in [-0.4, -0.2) is 67.4 Å². The number of ether oxygens (including phenoxy) is 1. The Kier molecular flexibility index (Phi) is 8.90. The molecule has 0 radical (unpaired) electrons. The van der Waals surface area contributed by atoms with E-state index in [9.17, 15) is 14.4 Å². The van der Waals surface area contributed by atoms with E-state index in [1.165, 1.54) is 0 Å². The number of hydrogen-bond acceptors (Lipinski definition) is 4. The van der Waals surface area contributed by atoms with Gasteiger partial charge in [0.15, 0.2) is 6.61 Å². The predicted molar refractivity (Wildman–Crippen MR) is 124 cm³/mol. The largest absolute Gasteiger partial charge is 0.483 e. The quantitative estimate of drug-likeness (QED) is 0.578. The summed E-state index contributed by atoms with van der Waals surface area (Å²) < 4.78 is 5.82. The van der Waals surface area contributed by atoms with Crippen LogP contribution in [0.25, 0.3) is 10.8 Å². The minimum atomic E-state index is -0.0545. The van der Waals surface area contributed by atoms with Crippen molar-refractivity contribution in [3.05, 3.63) is 42.5 Å². The van der Waals surface area contributed by atoms with Crippen molar-refractivity contribution >= 4 is 28.5 Å². The van der Waals surface area contributed by atoms with Gasteiger partial charge in [0.1, 0.15) is 5.75 Å². The molecule has 0 atom stereocenters. The number of carbonyl (C=O) groups excluding carboxylic acids is 3. The van der Waals surface area contributed by atoms with Crippen molar-refractivity contribution in [2.45, 2.75) is 38.5 Å². The molecule has 0 bridgehead atoms. The van der Waals surface area contributed by atoms with E-state index < -0.39 is 0 Å². The molecular weight excluding hydrogens is 406 g/mol. The predicted octanol–water partition coefficient (Wildman–Crippen LogP) is 2.98. The van der Waals surface area contributed by atoms with Crippen LogP contribution in [0.1, 0.15) is 38.5 Å². The van der Waals surface area contributed by atoms with Crippen LogP contribution in [0.15, 0.2) is 42.5 Å². The highest BCUT2D eigenvalue weighted by Crippen LogP contribution is 2.25. The molecular formula is C25H33N3O4. The molecule has 1 saturated heterocycles. The molecule has 3 rings (SSSR count). The zero-order valence-electron chi connectivity index (χ0n) is 18.8. The second kappa shape index (κ2) is 12.1. The number of hydrogen-bond donors (Lipinski definition) is 1. The highest BCUT2D eigenvalue weighted by molar-refractivity contribution is 5.88. The maximum atomic E-state index is 12.6. The average Bonchev–Trinajstić information content (AvgIpc) is 2.84. The van der Waals surface area contributed by atoms with Crippen molar-refractivity contribution in [2.75, 3.05) is 39.8 Å². The van der Waals surface area contributed by atoms with Crippen LogP contribution in [0.2, 0.25) is 0 Å². The molecule has 2 aromatic rings. The Balaban J connectivity index is 1.34. The first kappa shape index (κ1) is 23.6. The lowest BCUT2D eigenvalue weighted by Gasteiger charge is -2.34. The van der Waals surface area contributed by atoms with Crippen LogP contribution in [0.5, 0.6) is 5.75 Å². The minimum absolute atomic E-state index is 0.00198. The molecule has 1 aliphatic rings. The van der Waals surface area contributed by atoms with Crippen molar-refractivity contribution in [1.82, 2.24) is 15.1 Å². The molecule has 1 N–H and O–H groups in total. The summed E-state index contributed by atoms with van der Waals surface area (Å²) in [7, 11) is 1.65. The third-order valence-corrected chi connectivity index (χ3v) is 5.91. The molecule has 172 valence electrons. The second-order valence-electron chi connectivity index (χ2n) is 8.11. The smallest absolute Gasteiger partial charge is 0.260 e. The number of nitrogens with one attached hydrogen (secondary N) is 1. The maximum absolute atomic E-state index is 12.6. The fourth-order valence-corrected chi connectivity index (χ4v) is 3.96. The molecule has 7 nitrogen and oxygen atoms in total. The Morgan fingerprint density at radius 1 is 0.812 bits per heavy atom. The summed E-state index contributed by atoms with van der Waals surface area (Å²) in [6.07, 6.45) is 4.68. The zero-order valence-corrected chi connectivity index (χ0v) is 18.8. The van der Waals surface area contributed by atoms with Crippen LogP contribution >= 0.6 is 0 Å². The molecule has 1 aliphatic heterocycles. The molecule has 32 heavy (non-hydrogen) atoms. The SMILES string of the molecule is CNC(=O)CCCCCCC(=O)N1CCN(C(=O)COc2cccc3ccccc23)CC1. The normalized spacial score (nSPS) is 13.8. The topological polar surface area (TPSA) is 79.0 Å². The van der Waals surface area contributed by atoms with Crippen LogP contribution in [0.4, 0.5) is 0 Å². The van der Waals surface area contributed by atoms with E-state index in [0.29, 0.717) is 44.8 Å². The molecule has 1 heterocycles. The van der Waals surface area contributed by atoms with Crippen molar-refractivity contribution in [3.63, 3.8) is 0 Å². The third kappa shape index (κ3) is 6.70. The summed E-state index contributed by atoms with van der Waals surface area (Å²) in [6.45, 7) is 2.20. The lowest BCUT2D eigenvalue weighted by Crippen LogP contribution is -2.51. The fraction of sp³-hybridized carbons (Fsp3) is 0.480. The zero-order chi connectivity index (χ0) is 22.8. The van der Waals surface area contributed by atoms with Gasteiger partial charge >= 0.3 is 0 Å². The Hall–Kier alpha value is -3.09. The lowest BCUT2D eigenvalue weighted by molar-refractivity contribution is -0.140. The molecule has 0 aliphatic carbocycles. The van der Waals surface area contributed by atoms with Gasteiger partial charge in [-0.15, -0.1) is 0 Å². The third-order valence-electron chi connectivity index (χ3n) is 5.91. The minimum Gasteiger partial charge on any atom is -0.483 e. The maximum Gasteiger partial charge on any atom is 0.260 e. The standard InChI is InChI=1S/C25H33N3O4/c1-26-23(29)13-4-2-3-5-14-24(30)27-15-17-28(18-16-27)25(31)19-32-22-12-8-10-20-9-6-7-11-21(20)22/h6-12H,2-5,13-19H2,1H3,(H,26,29). The lowest BCUT2D eigenvalue weighted by atomic mass is 10.1. The van der Waals surface area contributed by atoms with Crippen molar-refractivity contribution in [2.24, 2.45) is 0 Å². The Bertz CT molecular complexity index is 917. The van der Waals surface area contributed by atoms with Crippen LogP contribution in [-0.2, 0) is 14.4 Å². The molecule has 0 aromatic heterocycles. The number of nitrogens with zero attached hydrogens (tertiary/aromatic N) is 2. The van der Waals surface area contributed by atoms with E-state index in [4.69, 9.17) is 4.74 Å². The first-order valence-corrected chi connectivity index (χ1v) is 11.4. The van der Waals surface area contributed by atoms with Gasteiger partial charge in [-0.2, -0.15) is 0 Å². The summed E-state index contributed by atoms with van der Waals surface area (Å²) in [5.74, 6) is 0.869. The number of carbonyl (C=O) groups is 3. The van der Waals surface area contributed by atoms with Gasteiger partial charge in [-0.25, -0.2) is 0 Å². The molecule has 7 heteroatoms. The highest BCUT2D eigenvalue weighted by Gasteiger charge is 2.24. The van der Waals surface area contributed by atoms with E-state index in [1.807, 2.05) is 47.4 Å². The van der Waals surface area contributed by atoms with Crippen molar-refractivity contribution in [1.29, 1.82) is 0 Å². The van der Waals surface area contributed by atoms with Gasteiger partial charge in [-0.1, -0.05) is 49.2 Å². The summed E-state index contributed by atoms with van der Waals surface area (Å²) >= 11 is 0. The Labute approximate surface area is 189 Å². The second-order valence-corrected chi connectivity index (χ2v) is 8.11. The number of unbranched alkanes of at least 4 members (excludes halogenated alkanes) is 3. The van der Waals surface area contributed by atoms with E-state index in [1.54, 1.807) is 11.9 Å². The summed E-state index contributed by atoms with van der Waals surface area (Å²) in [5.41, 5.74) is 0. The first-order valence-electron chi connectivity index (χ1n) is 11.4. The Morgan fingerprint density at radius 3 is 2.16 bits per heavy atom. The van der Waals surface area contributed by atoms with Crippen LogP contribution in [0, 0.1) is 0 Å². The number of fused-ring (bicyclic) bond motifs is 1. The van der Waals surface area contributed by atoms with E-state index in [2.05, 4.69) is 5.32 Å². The van der Waals surface area contributed by atoms with Crippen LogP contribution in [0.3, 0.4) is 0 Å². The van der Waals surface area contributed by atoms with Gasteiger partial charge in [0.2, 0.25) is 11.8 Å². The summed E-state index contributed by atoms with van der Waals surface area (Å²) in [6, 6.07) is 13.8. The molecule has 3 amide bonds. The fourth-order valence-electron chi connectivity index (χ4n) is 3.96. The van der Waals surface area contributed by atoms with Gasteiger partial charge in [0.05, 0.1) is 0 Å². The molecule has 2 aromatic carbocycles. The molecule has 0 saturated carbocycles. The number of rotatable bonds is 10. The van der Waals surface area contributed by atoms with Crippen LogP contribution < -0.4 is 10.1 Å². The number of amides is 3. The average molecular weight is 440 g/mol. The molecule has 0 spiro atoms. The highest BCUT2D eigenvalue weighted by atomic mass is 16.5. The first-order chi connectivity index (χ1) is 15.6. The number of piperazine rings is 1. The van der Waals surface area contributed by atoms with Gasteiger partial charge in [-0.3, -0.25) is 14.4 Å². The summed E-state index contributed by atoms with van der Waals surface area (Å²) in [4.78, 5) is 39.8. The van der Waals surface area contributed by atoms with Gasteiger partial charge in [0, 0.05) is 51.5 Å². The summed E-state index contributed by atoms with van der Waals surface area (Å²) in [5, 5.41) is 4.69. The van der Waals surface area contributed by atoms with E-state index in [-0.39, 0.29) is 24.3 Å². The van der Waals surface area contributed by atoms with Gasteiger partial charge < -0.3 is 19.9 Å². The van der Waals surface area contributed by atoms with Gasteiger partial charge in [0.25, 0.3) is 5.91 Å². The Morgan fingerprint density at radius 2 is 1.44 bits per heavy atom. The van der Waals surface area contributed by atoms with Crippen molar-refractivity contribution < 1.29 is 19.1 Å². The molecule has 1 fully saturated rings. The molecule has 0 unspecified atom stereocenters.